The van der Waals surface area contributed by atoms with Crippen LogP contribution in [-0.2, 0) is 0 Å². The molecule has 7 heteroatoms. The summed E-state index contributed by atoms with van der Waals surface area (Å²) in [6, 6.07) is 0. The number of rotatable bonds is 4. The van der Waals surface area contributed by atoms with Crippen LogP contribution in [-0.4, -0.2) is 60.3 Å². The van der Waals surface area contributed by atoms with Gasteiger partial charge in [-0.1, -0.05) is 0 Å². The minimum Gasteiger partial charge on any atom is -0.396 e. The summed E-state index contributed by atoms with van der Waals surface area (Å²) in [7, 11) is 0. The highest BCUT2D eigenvalue weighted by atomic mass is 32.1. The van der Waals surface area contributed by atoms with Gasteiger partial charge in [-0.25, -0.2) is 4.98 Å². The van der Waals surface area contributed by atoms with E-state index < -0.39 is 0 Å². The smallest absolute Gasteiger partial charge is 0.191 e. The molecule has 2 fully saturated rings. The molecule has 0 radical (unpaired) electrons. The molecule has 0 amide bonds. The number of aliphatic imine (C=N–C) groups is 1. The van der Waals surface area contributed by atoms with Crippen molar-refractivity contribution in [2.75, 3.05) is 44.2 Å². The number of piperazine rings is 1. The highest BCUT2D eigenvalue weighted by Gasteiger charge is 2.41. The molecule has 1 aliphatic carbocycles. The Morgan fingerprint density at radius 2 is 2.15 bits per heavy atom. The average molecular weight is 295 g/mol. The minimum absolute atomic E-state index is 0.0351. The van der Waals surface area contributed by atoms with Crippen molar-refractivity contribution in [3.05, 3.63) is 11.6 Å². The second-order valence-electron chi connectivity index (χ2n) is 5.62. The van der Waals surface area contributed by atoms with Crippen molar-refractivity contribution in [1.29, 1.82) is 0 Å². The zero-order chi connectivity index (χ0) is 14.0. The topological polar surface area (TPSA) is 78.0 Å². The predicted octanol–water partition coefficient (Wildman–Crippen LogP) is 0.352. The molecule has 0 unspecified atom stereocenters. The van der Waals surface area contributed by atoms with Gasteiger partial charge in [-0.05, 0) is 12.8 Å². The van der Waals surface area contributed by atoms with Crippen LogP contribution in [0.1, 0.15) is 12.8 Å². The van der Waals surface area contributed by atoms with Gasteiger partial charge >= 0.3 is 0 Å². The molecule has 0 bridgehead atoms. The minimum atomic E-state index is 0.0351. The Bertz CT molecular complexity index is 463. The Morgan fingerprint density at radius 3 is 2.70 bits per heavy atom. The number of aromatic nitrogens is 1. The van der Waals surface area contributed by atoms with Crippen LogP contribution in [0.15, 0.2) is 16.6 Å². The van der Waals surface area contributed by atoms with Crippen molar-refractivity contribution in [2.24, 2.45) is 16.1 Å². The van der Waals surface area contributed by atoms with Crippen molar-refractivity contribution in [3.8, 4) is 0 Å². The number of thiazole rings is 1. The first-order valence-corrected chi connectivity index (χ1v) is 7.91. The van der Waals surface area contributed by atoms with E-state index in [-0.39, 0.29) is 12.0 Å². The van der Waals surface area contributed by atoms with Gasteiger partial charge in [-0.2, -0.15) is 0 Å². The molecule has 6 nitrogen and oxygen atoms in total. The number of aliphatic hydroxyl groups excluding tert-OH is 1. The molecule has 2 heterocycles. The molecule has 0 atom stereocenters. The third kappa shape index (κ3) is 2.88. The van der Waals surface area contributed by atoms with Gasteiger partial charge in [-0.15, -0.1) is 11.3 Å². The number of nitrogens with zero attached hydrogens (tertiary/aromatic N) is 4. The van der Waals surface area contributed by atoms with E-state index >= 15 is 0 Å². The van der Waals surface area contributed by atoms with Gasteiger partial charge in [0, 0.05) is 43.2 Å². The lowest BCUT2D eigenvalue weighted by atomic mass is 10.1. The second-order valence-corrected chi connectivity index (χ2v) is 6.49. The van der Waals surface area contributed by atoms with Gasteiger partial charge in [0.05, 0.1) is 13.2 Å². The maximum Gasteiger partial charge on any atom is 0.191 e. The zero-order valence-corrected chi connectivity index (χ0v) is 12.3. The van der Waals surface area contributed by atoms with Gasteiger partial charge in [0.1, 0.15) is 0 Å². The number of anilines is 1. The molecule has 1 saturated carbocycles. The standard InChI is InChI=1S/C13H21N5OS/c14-11(16-9-13(10-19)1-2-13)17-4-6-18(7-5-17)12-15-3-8-20-12/h3,8,19H,1-2,4-7,9-10H2,(H2,14,16). The summed E-state index contributed by atoms with van der Waals surface area (Å²) in [4.78, 5) is 13.2. The highest BCUT2D eigenvalue weighted by molar-refractivity contribution is 7.13. The molecule has 110 valence electrons. The summed E-state index contributed by atoms with van der Waals surface area (Å²) in [6.07, 6.45) is 3.97. The summed E-state index contributed by atoms with van der Waals surface area (Å²) in [6.45, 7) is 4.48. The Morgan fingerprint density at radius 1 is 1.40 bits per heavy atom. The van der Waals surface area contributed by atoms with Crippen molar-refractivity contribution in [3.63, 3.8) is 0 Å². The molecule has 20 heavy (non-hydrogen) atoms. The van der Waals surface area contributed by atoms with Crippen LogP contribution in [0.3, 0.4) is 0 Å². The van der Waals surface area contributed by atoms with E-state index in [0.29, 0.717) is 12.5 Å². The Labute approximate surface area is 122 Å². The maximum atomic E-state index is 9.28. The number of guanidine groups is 1. The second kappa shape index (κ2) is 5.57. The number of hydrogen-bond acceptors (Lipinski definition) is 5. The summed E-state index contributed by atoms with van der Waals surface area (Å²) in [5.41, 5.74) is 6.10. The summed E-state index contributed by atoms with van der Waals surface area (Å²) < 4.78 is 0. The normalized spacial score (nSPS) is 22.1. The lowest BCUT2D eigenvalue weighted by molar-refractivity contribution is 0.216. The SMILES string of the molecule is NC(=NCC1(CO)CC1)N1CCN(c2nccs2)CC1. The Hall–Kier alpha value is -1.34. The molecular formula is C13H21N5OS. The highest BCUT2D eigenvalue weighted by Crippen LogP contribution is 2.45. The van der Waals surface area contributed by atoms with Crippen molar-refractivity contribution < 1.29 is 5.11 Å². The average Bonchev–Trinajstić information content (AvgIpc) is 3.07. The summed E-state index contributed by atoms with van der Waals surface area (Å²) in [5.74, 6) is 0.614. The fourth-order valence-electron chi connectivity index (χ4n) is 2.39. The van der Waals surface area contributed by atoms with E-state index in [0.717, 1.165) is 44.2 Å². The van der Waals surface area contributed by atoms with E-state index in [1.54, 1.807) is 11.3 Å². The predicted molar refractivity (Wildman–Crippen MR) is 81.1 cm³/mol. The van der Waals surface area contributed by atoms with Crippen LogP contribution in [0, 0.1) is 5.41 Å². The van der Waals surface area contributed by atoms with Crippen molar-refractivity contribution >= 4 is 22.4 Å². The first kappa shape index (κ1) is 13.6. The Balaban J connectivity index is 1.51. The van der Waals surface area contributed by atoms with E-state index in [1.165, 1.54) is 0 Å². The van der Waals surface area contributed by atoms with Gasteiger partial charge in [0.2, 0.25) is 0 Å². The summed E-state index contributed by atoms with van der Waals surface area (Å²) in [5, 5.41) is 12.4. The van der Waals surface area contributed by atoms with Gasteiger partial charge < -0.3 is 20.6 Å². The van der Waals surface area contributed by atoms with Gasteiger partial charge in [0.25, 0.3) is 0 Å². The molecule has 1 saturated heterocycles. The van der Waals surface area contributed by atoms with E-state index in [4.69, 9.17) is 5.73 Å². The number of aliphatic hydroxyl groups is 1. The first-order chi connectivity index (χ1) is 9.72. The lowest BCUT2D eigenvalue weighted by Crippen LogP contribution is -2.51. The van der Waals surface area contributed by atoms with E-state index in [2.05, 4.69) is 19.8 Å². The van der Waals surface area contributed by atoms with Crippen LogP contribution in [0.2, 0.25) is 0 Å². The summed E-state index contributed by atoms with van der Waals surface area (Å²) >= 11 is 1.67. The van der Waals surface area contributed by atoms with Crippen molar-refractivity contribution in [2.45, 2.75) is 12.8 Å². The molecule has 2 aliphatic rings. The van der Waals surface area contributed by atoms with Crippen LogP contribution >= 0.6 is 11.3 Å². The molecule has 3 rings (SSSR count). The molecule has 0 aromatic carbocycles. The number of nitrogens with two attached hydrogens (primary N) is 1. The van der Waals surface area contributed by atoms with Gasteiger partial charge in [-0.3, -0.25) is 4.99 Å². The van der Waals surface area contributed by atoms with Gasteiger partial charge in [0.15, 0.2) is 11.1 Å². The van der Waals surface area contributed by atoms with Crippen LogP contribution in [0.5, 0.6) is 0 Å². The van der Waals surface area contributed by atoms with Crippen LogP contribution < -0.4 is 10.6 Å². The maximum absolute atomic E-state index is 9.28. The molecular weight excluding hydrogens is 274 g/mol. The zero-order valence-electron chi connectivity index (χ0n) is 11.5. The monoisotopic (exact) mass is 295 g/mol. The Kier molecular flexibility index (Phi) is 3.80. The molecule has 0 spiro atoms. The van der Waals surface area contributed by atoms with E-state index in [1.807, 2.05) is 11.6 Å². The van der Waals surface area contributed by atoms with E-state index in [9.17, 15) is 5.11 Å². The molecule has 1 aliphatic heterocycles. The van der Waals surface area contributed by atoms with Crippen LogP contribution in [0.25, 0.3) is 0 Å². The van der Waals surface area contributed by atoms with Crippen molar-refractivity contribution in [1.82, 2.24) is 9.88 Å². The lowest BCUT2D eigenvalue weighted by Gasteiger charge is -2.35. The molecule has 1 aromatic rings. The first-order valence-electron chi connectivity index (χ1n) is 7.03. The molecule has 1 aromatic heterocycles. The molecule has 3 N–H and O–H groups in total. The number of hydrogen-bond donors (Lipinski definition) is 2. The fourth-order valence-corrected chi connectivity index (χ4v) is 3.09. The third-order valence-electron chi connectivity index (χ3n) is 4.16. The largest absolute Gasteiger partial charge is 0.396 e. The van der Waals surface area contributed by atoms with Crippen LogP contribution in [0.4, 0.5) is 5.13 Å². The quantitative estimate of drug-likeness (QED) is 0.619. The third-order valence-corrected chi connectivity index (χ3v) is 4.99. The fraction of sp³-hybridized carbons (Fsp3) is 0.692.